The van der Waals surface area contributed by atoms with E-state index < -0.39 is 11.9 Å². The number of hydrogen-bond acceptors (Lipinski definition) is 4. The van der Waals surface area contributed by atoms with Crippen LogP contribution in [0.2, 0.25) is 0 Å². The summed E-state index contributed by atoms with van der Waals surface area (Å²) in [6.07, 6.45) is 6.66. The molecular weight excluding hydrogens is 358 g/mol. The summed E-state index contributed by atoms with van der Waals surface area (Å²) in [6.45, 7) is 1.86. The molecule has 6 heteroatoms. The molecule has 2 saturated heterocycles. The van der Waals surface area contributed by atoms with Gasteiger partial charge in [-0.1, -0.05) is 6.07 Å². The first-order chi connectivity index (χ1) is 13.6. The average molecular weight is 387 g/mol. The average Bonchev–Trinajstić information content (AvgIpc) is 3.22. The van der Waals surface area contributed by atoms with Crippen LogP contribution >= 0.6 is 0 Å². The van der Waals surface area contributed by atoms with Gasteiger partial charge in [-0.2, -0.15) is 0 Å². The summed E-state index contributed by atoms with van der Waals surface area (Å²) in [5.74, 6) is -0.181. The molecule has 1 aromatic carbocycles. The third-order valence-corrected chi connectivity index (χ3v) is 6.49. The van der Waals surface area contributed by atoms with Crippen LogP contribution in [-0.4, -0.2) is 54.3 Å². The predicted molar refractivity (Wildman–Crippen MR) is 103 cm³/mol. The molecule has 0 saturated carbocycles. The Morgan fingerprint density at radius 1 is 1.11 bits per heavy atom. The van der Waals surface area contributed by atoms with Gasteiger partial charge in [0, 0.05) is 19.7 Å². The highest BCUT2D eigenvalue weighted by atomic mass is 16.5. The van der Waals surface area contributed by atoms with Crippen LogP contribution in [0.1, 0.15) is 43.2 Å². The van der Waals surface area contributed by atoms with Crippen molar-refractivity contribution < 1.29 is 24.2 Å². The summed E-state index contributed by atoms with van der Waals surface area (Å²) in [4.78, 5) is 25.7. The van der Waals surface area contributed by atoms with Crippen LogP contribution in [0.3, 0.4) is 0 Å². The number of hydrogen-bond donors (Lipinski definition) is 1. The molecule has 0 spiro atoms. The summed E-state index contributed by atoms with van der Waals surface area (Å²) in [6, 6.07) is 6.17. The number of piperidine rings is 1. The maximum Gasteiger partial charge on any atom is 0.309 e. The number of carbonyl (C=O) groups excluding carboxylic acids is 1. The van der Waals surface area contributed by atoms with Crippen LogP contribution in [-0.2, 0) is 27.2 Å². The number of aryl methyl sites for hydroxylation is 2. The van der Waals surface area contributed by atoms with Crippen molar-refractivity contribution in [3.63, 3.8) is 0 Å². The van der Waals surface area contributed by atoms with Gasteiger partial charge in [-0.3, -0.25) is 9.59 Å². The number of likely N-dealkylation sites (tertiary alicyclic amines) is 1. The molecule has 2 atom stereocenters. The molecule has 2 fully saturated rings. The zero-order valence-electron chi connectivity index (χ0n) is 16.3. The molecule has 3 aliphatic rings. The molecule has 1 aliphatic carbocycles. The lowest BCUT2D eigenvalue weighted by Gasteiger charge is -2.35. The monoisotopic (exact) mass is 387 g/mol. The molecule has 1 N–H and O–H groups in total. The van der Waals surface area contributed by atoms with Gasteiger partial charge in [0.1, 0.15) is 5.75 Å². The Morgan fingerprint density at radius 3 is 2.61 bits per heavy atom. The molecular formula is C22H29NO5. The van der Waals surface area contributed by atoms with Gasteiger partial charge in [0.15, 0.2) is 6.61 Å². The van der Waals surface area contributed by atoms with Crippen molar-refractivity contribution in [1.82, 2.24) is 4.90 Å². The number of rotatable bonds is 5. The SMILES string of the molecule is O=C(O)C1CCO[C@H]1C1CCN(C(=O)COc2ccc3c(c2)CCCC3)CC1. The predicted octanol–water partition coefficient (Wildman–Crippen LogP) is 2.67. The van der Waals surface area contributed by atoms with Crippen molar-refractivity contribution in [3.8, 4) is 5.75 Å². The van der Waals surface area contributed by atoms with E-state index in [1.54, 1.807) is 0 Å². The van der Waals surface area contributed by atoms with Crippen molar-refractivity contribution in [2.45, 2.75) is 51.0 Å². The number of benzene rings is 1. The van der Waals surface area contributed by atoms with E-state index in [9.17, 15) is 14.7 Å². The third kappa shape index (κ3) is 4.17. The van der Waals surface area contributed by atoms with E-state index in [2.05, 4.69) is 12.1 Å². The summed E-state index contributed by atoms with van der Waals surface area (Å²) < 4.78 is 11.5. The number of aliphatic carboxylic acids is 1. The van der Waals surface area contributed by atoms with E-state index in [0.29, 0.717) is 26.1 Å². The normalized spacial score (nSPS) is 25.4. The third-order valence-electron chi connectivity index (χ3n) is 6.49. The molecule has 1 aromatic rings. The molecule has 2 aliphatic heterocycles. The smallest absolute Gasteiger partial charge is 0.309 e. The van der Waals surface area contributed by atoms with Gasteiger partial charge in [-0.15, -0.1) is 0 Å². The van der Waals surface area contributed by atoms with Gasteiger partial charge in [0.05, 0.1) is 12.0 Å². The van der Waals surface area contributed by atoms with Crippen molar-refractivity contribution >= 4 is 11.9 Å². The quantitative estimate of drug-likeness (QED) is 0.841. The number of fused-ring (bicyclic) bond motifs is 1. The van der Waals surface area contributed by atoms with Crippen molar-refractivity contribution in [2.75, 3.05) is 26.3 Å². The Bertz CT molecular complexity index is 726. The topological polar surface area (TPSA) is 76.1 Å². The van der Waals surface area contributed by atoms with Crippen LogP contribution in [0.25, 0.3) is 0 Å². The van der Waals surface area contributed by atoms with Gasteiger partial charge >= 0.3 is 5.97 Å². The first-order valence-electron chi connectivity index (χ1n) is 10.5. The molecule has 0 radical (unpaired) electrons. The van der Waals surface area contributed by atoms with E-state index in [1.165, 1.54) is 24.0 Å². The first kappa shape index (κ1) is 19.2. The Morgan fingerprint density at radius 2 is 1.86 bits per heavy atom. The summed E-state index contributed by atoms with van der Waals surface area (Å²) in [5.41, 5.74) is 2.75. The number of carboxylic acids is 1. The van der Waals surface area contributed by atoms with Crippen LogP contribution in [0, 0.1) is 11.8 Å². The minimum absolute atomic E-state index is 0.00158. The molecule has 28 heavy (non-hydrogen) atoms. The Balaban J connectivity index is 1.26. The number of carbonyl (C=O) groups is 2. The summed E-state index contributed by atoms with van der Waals surface area (Å²) >= 11 is 0. The molecule has 4 rings (SSSR count). The first-order valence-corrected chi connectivity index (χ1v) is 10.5. The highest BCUT2D eigenvalue weighted by Gasteiger charge is 2.40. The number of ether oxygens (including phenoxy) is 2. The second kappa shape index (κ2) is 8.52. The minimum Gasteiger partial charge on any atom is -0.484 e. The van der Waals surface area contributed by atoms with Crippen LogP contribution in [0.5, 0.6) is 5.75 Å². The van der Waals surface area contributed by atoms with Crippen molar-refractivity contribution in [3.05, 3.63) is 29.3 Å². The molecule has 6 nitrogen and oxygen atoms in total. The van der Waals surface area contributed by atoms with Gasteiger partial charge < -0.3 is 19.5 Å². The zero-order chi connectivity index (χ0) is 19.5. The van der Waals surface area contributed by atoms with E-state index in [4.69, 9.17) is 9.47 Å². The van der Waals surface area contributed by atoms with Crippen molar-refractivity contribution in [1.29, 1.82) is 0 Å². The summed E-state index contributed by atoms with van der Waals surface area (Å²) in [7, 11) is 0. The lowest BCUT2D eigenvalue weighted by atomic mass is 9.84. The fourth-order valence-electron chi connectivity index (χ4n) is 4.85. The second-order valence-corrected chi connectivity index (χ2v) is 8.21. The molecule has 1 unspecified atom stereocenters. The fourth-order valence-corrected chi connectivity index (χ4v) is 4.85. The number of carboxylic acid groups (broad SMARTS) is 1. The molecule has 1 amide bonds. The zero-order valence-corrected chi connectivity index (χ0v) is 16.3. The lowest BCUT2D eigenvalue weighted by Crippen LogP contribution is -2.44. The van der Waals surface area contributed by atoms with Crippen LogP contribution in [0.4, 0.5) is 0 Å². The minimum atomic E-state index is -0.764. The highest BCUT2D eigenvalue weighted by molar-refractivity contribution is 5.78. The lowest BCUT2D eigenvalue weighted by molar-refractivity contribution is -0.146. The van der Waals surface area contributed by atoms with Gasteiger partial charge in [-0.05, 0) is 74.1 Å². The fraction of sp³-hybridized carbons (Fsp3) is 0.636. The molecule has 152 valence electrons. The largest absolute Gasteiger partial charge is 0.484 e. The highest BCUT2D eigenvalue weighted by Crippen LogP contribution is 2.33. The van der Waals surface area contributed by atoms with E-state index in [0.717, 1.165) is 31.4 Å². The molecule has 2 heterocycles. The second-order valence-electron chi connectivity index (χ2n) is 8.21. The van der Waals surface area contributed by atoms with E-state index in [-0.39, 0.29) is 24.5 Å². The number of amides is 1. The molecule has 0 bridgehead atoms. The maximum absolute atomic E-state index is 12.5. The Labute approximate surface area is 165 Å². The van der Waals surface area contributed by atoms with E-state index in [1.807, 2.05) is 11.0 Å². The summed E-state index contributed by atoms with van der Waals surface area (Å²) in [5, 5.41) is 9.35. The van der Waals surface area contributed by atoms with E-state index >= 15 is 0 Å². The van der Waals surface area contributed by atoms with Gasteiger partial charge in [-0.25, -0.2) is 0 Å². The molecule has 0 aromatic heterocycles. The maximum atomic E-state index is 12.5. The standard InChI is InChI=1S/C22H29NO5/c24-20(14-28-18-6-5-15-3-1-2-4-17(15)13-18)23-10-7-16(8-11-23)21-19(22(25)26)9-12-27-21/h5-6,13,16,19,21H,1-4,7-12,14H2,(H,25,26)/t19?,21-/m0/s1. The number of nitrogens with zero attached hydrogens (tertiary/aromatic N) is 1. The van der Waals surface area contributed by atoms with Gasteiger partial charge in [0.25, 0.3) is 5.91 Å². The Kier molecular flexibility index (Phi) is 5.85. The van der Waals surface area contributed by atoms with Crippen LogP contribution in [0.15, 0.2) is 18.2 Å². The Hall–Kier alpha value is -2.08. The van der Waals surface area contributed by atoms with Gasteiger partial charge in [0.2, 0.25) is 0 Å². The van der Waals surface area contributed by atoms with Crippen molar-refractivity contribution in [2.24, 2.45) is 11.8 Å². The van der Waals surface area contributed by atoms with Crippen LogP contribution < -0.4 is 4.74 Å².